The first-order chi connectivity index (χ1) is 8.35. The lowest BCUT2D eigenvalue weighted by molar-refractivity contribution is -0.141. The molecule has 0 saturated heterocycles. The second-order valence-corrected chi connectivity index (χ2v) is 5.65. The highest BCUT2D eigenvalue weighted by Crippen LogP contribution is 2.56. The average molecular weight is 252 g/mol. The van der Waals surface area contributed by atoms with Gasteiger partial charge in [-0.2, -0.15) is 0 Å². The molecule has 2 aliphatic carbocycles. The van der Waals surface area contributed by atoms with Crippen LogP contribution in [0.3, 0.4) is 0 Å². The van der Waals surface area contributed by atoms with Gasteiger partial charge in [0.05, 0.1) is 12.7 Å². The van der Waals surface area contributed by atoms with Crippen LogP contribution in [0.4, 0.5) is 0 Å². The third-order valence-corrected chi connectivity index (χ3v) is 4.75. The molecule has 2 rings (SSSR count). The minimum Gasteiger partial charge on any atom is -0.465 e. The number of hydrogen-bond acceptors (Lipinski definition) is 4. The summed E-state index contributed by atoms with van der Waals surface area (Å²) in [6.07, 6.45) is 3.72. The van der Waals surface area contributed by atoms with Crippen LogP contribution in [0.25, 0.3) is 0 Å². The first kappa shape index (κ1) is 13.3. The van der Waals surface area contributed by atoms with E-state index in [0.29, 0.717) is 5.57 Å². The standard InChI is InChI=1S/C14H20O4/c1-9-11(12(16)18-3)10(15)8-13(2,17)14(9)6-4-5-7-14/h17H,4-8H2,1-3H3. The summed E-state index contributed by atoms with van der Waals surface area (Å²) in [6, 6.07) is 0. The normalized spacial score (nSPS) is 31.0. The van der Waals surface area contributed by atoms with Gasteiger partial charge in [0.2, 0.25) is 0 Å². The Morgan fingerprint density at radius 3 is 2.39 bits per heavy atom. The van der Waals surface area contributed by atoms with Crippen molar-refractivity contribution in [2.45, 2.75) is 51.6 Å². The largest absolute Gasteiger partial charge is 0.465 e. The number of ether oxygens (including phenoxy) is 1. The minimum absolute atomic E-state index is 0.00870. The van der Waals surface area contributed by atoms with Crippen molar-refractivity contribution in [1.82, 2.24) is 0 Å². The third-order valence-electron chi connectivity index (χ3n) is 4.75. The number of carbonyl (C=O) groups is 2. The van der Waals surface area contributed by atoms with Crippen molar-refractivity contribution in [2.24, 2.45) is 5.41 Å². The van der Waals surface area contributed by atoms with Crippen LogP contribution in [0.1, 0.15) is 46.0 Å². The van der Waals surface area contributed by atoms with E-state index >= 15 is 0 Å². The number of hydrogen-bond donors (Lipinski definition) is 1. The number of esters is 1. The maximum atomic E-state index is 12.0. The van der Waals surface area contributed by atoms with Crippen LogP contribution in [0.2, 0.25) is 0 Å². The summed E-state index contributed by atoms with van der Waals surface area (Å²) >= 11 is 0. The maximum Gasteiger partial charge on any atom is 0.341 e. The predicted octanol–water partition coefficient (Wildman–Crippen LogP) is 1.76. The lowest BCUT2D eigenvalue weighted by Gasteiger charge is -2.47. The molecule has 0 aliphatic heterocycles. The highest BCUT2D eigenvalue weighted by molar-refractivity contribution is 6.19. The number of methoxy groups -OCH3 is 1. The molecule has 0 amide bonds. The zero-order valence-electron chi connectivity index (χ0n) is 11.2. The van der Waals surface area contributed by atoms with Crippen LogP contribution >= 0.6 is 0 Å². The van der Waals surface area contributed by atoms with Crippen LogP contribution in [-0.2, 0) is 14.3 Å². The predicted molar refractivity (Wildman–Crippen MR) is 65.9 cm³/mol. The second kappa shape index (κ2) is 4.19. The fourth-order valence-corrected chi connectivity index (χ4v) is 3.68. The fourth-order valence-electron chi connectivity index (χ4n) is 3.68. The maximum absolute atomic E-state index is 12.0. The van der Waals surface area contributed by atoms with E-state index in [1.807, 2.05) is 0 Å². The van der Waals surface area contributed by atoms with Crippen molar-refractivity contribution >= 4 is 11.8 Å². The van der Waals surface area contributed by atoms with Crippen molar-refractivity contribution in [1.29, 1.82) is 0 Å². The molecule has 0 bridgehead atoms. The molecule has 0 aromatic carbocycles. The number of ketones is 1. The number of rotatable bonds is 1. The molecular weight excluding hydrogens is 232 g/mol. The highest BCUT2D eigenvalue weighted by Gasteiger charge is 2.55. The molecule has 4 heteroatoms. The van der Waals surface area contributed by atoms with Crippen LogP contribution < -0.4 is 0 Å². The van der Waals surface area contributed by atoms with Gasteiger partial charge in [0.25, 0.3) is 0 Å². The van der Waals surface area contributed by atoms with Gasteiger partial charge in [-0.15, -0.1) is 0 Å². The zero-order chi connectivity index (χ0) is 13.6. The van der Waals surface area contributed by atoms with Gasteiger partial charge in [-0.3, -0.25) is 4.79 Å². The summed E-state index contributed by atoms with van der Waals surface area (Å²) in [4.78, 5) is 23.8. The number of carbonyl (C=O) groups excluding carboxylic acids is 2. The zero-order valence-corrected chi connectivity index (χ0v) is 11.2. The van der Waals surface area contributed by atoms with E-state index in [2.05, 4.69) is 0 Å². The summed E-state index contributed by atoms with van der Waals surface area (Å²) in [5.41, 5.74) is -0.605. The van der Waals surface area contributed by atoms with Crippen molar-refractivity contribution in [3.63, 3.8) is 0 Å². The molecule has 0 radical (unpaired) electrons. The molecule has 1 spiro atoms. The smallest absolute Gasteiger partial charge is 0.341 e. The summed E-state index contributed by atoms with van der Waals surface area (Å²) in [6.45, 7) is 3.51. The molecule has 0 aromatic rings. The van der Waals surface area contributed by atoms with Gasteiger partial charge in [-0.05, 0) is 32.3 Å². The van der Waals surface area contributed by atoms with E-state index in [1.165, 1.54) is 7.11 Å². The fraction of sp³-hybridized carbons (Fsp3) is 0.714. The van der Waals surface area contributed by atoms with E-state index < -0.39 is 17.0 Å². The topological polar surface area (TPSA) is 63.6 Å². The van der Waals surface area contributed by atoms with Gasteiger partial charge in [0, 0.05) is 11.8 Å². The van der Waals surface area contributed by atoms with E-state index in [0.717, 1.165) is 25.7 Å². The Bertz CT molecular complexity index is 425. The third kappa shape index (κ3) is 1.62. The Kier molecular flexibility index (Phi) is 3.09. The molecule has 1 fully saturated rings. The average Bonchev–Trinajstić information content (AvgIpc) is 2.77. The van der Waals surface area contributed by atoms with Gasteiger partial charge < -0.3 is 9.84 Å². The van der Waals surface area contributed by atoms with Crippen LogP contribution in [-0.4, -0.2) is 29.6 Å². The number of Topliss-reactive ketones (excluding diaryl/α,β-unsaturated/α-hetero) is 1. The Hall–Kier alpha value is -1.16. The Morgan fingerprint density at radius 1 is 1.33 bits per heavy atom. The summed E-state index contributed by atoms with van der Waals surface area (Å²) in [5.74, 6) is -0.874. The summed E-state index contributed by atoms with van der Waals surface area (Å²) < 4.78 is 4.70. The molecule has 2 aliphatic rings. The molecule has 100 valence electrons. The first-order valence-electron chi connectivity index (χ1n) is 6.41. The Balaban J connectivity index is 2.58. The van der Waals surface area contributed by atoms with Crippen LogP contribution in [0.15, 0.2) is 11.1 Å². The van der Waals surface area contributed by atoms with Gasteiger partial charge in [-0.1, -0.05) is 12.8 Å². The first-order valence-corrected chi connectivity index (χ1v) is 6.41. The SMILES string of the molecule is COC(=O)C1=C(C)C2(CCCC2)C(C)(O)CC1=O. The lowest BCUT2D eigenvalue weighted by atomic mass is 9.60. The van der Waals surface area contributed by atoms with E-state index in [1.54, 1.807) is 13.8 Å². The number of aliphatic hydroxyl groups is 1. The highest BCUT2D eigenvalue weighted by atomic mass is 16.5. The lowest BCUT2D eigenvalue weighted by Crippen LogP contribution is -2.51. The quantitative estimate of drug-likeness (QED) is 0.570. The van der Waals surface area contributed by atoms with Gasteiger partial charge in [0.15, 0.2) is 5.78 Å². The van der Waals surface area contributed by atoms with Gasteiger partial charge in [0.1, 0.15) is 5.57 Å². The van der Waals surface area contributed by atoms with E-state index in [-0.39, 0.29) is 17.8 Å². The van der Waals surface area contributed by atoms with Gasteiger partial charge >= 0.3 is 5.97 Å². The molecule has 1 N–H and O–H groups in total. The van der Waals surface area contributed by atoms with Crippen molar-refractivity contribution in [3.8, 4) is 0 Å². The van der Waals surface area contributed by atoms with Crippen LogP contribution in [0.5, 0.6) is 0 Å². The Labute approximate surface area is 107 Å². The molecular formula is C14H20O4. The molecule has 18 heavy (non-hydrogen) atoms. The van der Waals surface area contributed by atoms with E-state index in [9.17, 15) is 14.7 Å². The van der Waals surface area contributed by atoms with Crippen LogP contribution in [0, 0.1) is 5.41 Å². The minimum atomic E-state index is -1.05. The molecule has 0 aromatic heterocycles. The monoisotopic (exact) mass is 252 g/mol. The summed E-state index contributed by atoms with van der Waals surface area (Å²) in [5, 5.41) is 10.6. The molecule has 1 atom stereocenters. The van der Waals surface area contributed by atoms with Crippen molar-refractivity contribution in [3.05, 3.63) is 11.1 Å². The molecule has 0 heterocycles. The second-order valence-electron chi connectivity index (χ2n) is 5.65. The van der Waals surface area contributed by atoms with Crippen molar-refractivity contribution in [2.75, 3.05) is 7.11 Å². The van der Waals surface area contributed by atoms with Gasteiger partial charge in [-0.25, -0.2) is 4.79 Å². The molecule has 1 saturated carbocycles. The van der Waals surface area contributed by atoms with E-state index in [4.69, 9.17) is 4.74 Å². The molecule has 1 unspecified atom stereocenters. The molecule has 4 nitrogen and oxygen atoms in total. The Morgan fingerprint density at radius 2 is 1.89 bits per heavy atom. The van der Waals surface area contributed by atoms with Crippen molar-refractivity contribution < 1.29 is 19.4 Å². The summed E-state index contributed by atoms with van der Waals surface area (Å²) in [7, 11) is 1.28.